The van der Waals surface area contributed by atoms with Crippen LogP contribution in [-0.4, -0.2) is 20.3 Å². The van der Waals surface area contributed by atoms with Crippen LogP contribution in [0.25, 0.3) is 11.4 Å². The molecular formula is C8H7N5O. The maximum Gasteiger partial charge on any atom is 0.240 e. The molecular weight excluding hydrogens is 182 g/mol. The number of fused-ring (bicyclic) bond motifs is 3. The standard InChI is InChI=1S/C8H7N5O/c9-8-10-7-5(11-12-8)2-1-4-3-14-13-6(4)7/h3H,1-2H2,(H2,9,10,12). The molecule has 0 fully saturated rings. The lowest BCUT2D eigenvalue weighted by atomic mass is 9.99. The lowest BCUT2D eigenvalue weighted by Crippen LogP contribution is -2.10. The van der Waals surface area contributed by atoms with Crippen molar-refractivity contribution in [3.63, 3.8) is 0 Å². The predicted molar refractivity (Wildman–Crippen MR) is 47.1 cm³/mol. The fraction of sp³-hybridized carbons (Fsp3) is 0.250. The van der Waals surface area contributed by atoms with Crippen LogP contribution < -0.4 is 5.73 Å². The fourth-order valence-electron chi connectivity index (χ4n) is 1.60. The van der Waals surface area contributed by atoms with Gasteiger partial charge in [0.05, 0.1) is 5.69 Å². The average Bonchev–Trinajstić information content (AvgIpc) is 2.65. The van der Waals surface area contributed by atoms with E-state index in [-0.39, 0.29) is 5.95 Å². The van der Waals surface area contributed by atoms with Gasteiger partial charge in [-0.15, -0.1) is 10.2 Å². The van der Waals surface area contributed by atoms with E-state index in [1.165, 1.54) is 0 Å². The van der Waals surface area contributed by atoms with Crippen LogP contribution in [0.2, 0.25) is 0 Å². The summed E-state index contributed by atoms with van der Waals surface area (Å²) in [6.45, 7) is 0. The highest BCUT2D eigenvalue weighted by Crippen LogP contribution is 2.28. The quantitative estimate of drug-likeness (QED) is 0.636. The second-order valence-corrected chi connectivity index (χ2v) is 3.15. The van der Waals surface area contributed by atoms with Gasteiger partial charge < -0.3 is 10.3 Å². The Morgan fingerprint density at radius 2 is 2.14 bits per heavy atom. The monoisotopic (exact) mass is 189 g/mol. The van der Waals surface area contributed by atoms with Crippen molar-refractivity contribution in [3.8, 4) is 11.4 Å². The number of anilines is 1. The van der Waals surface area contributed by atoms with Crippen molar-refractivity contribution in [2.75, 3.05) is 5.73 Å². The Balaban J connectivity index is 2.28. The summed E-state index contributed by atoms with van der Waals surface area (Å²) in [6, 6.07) is 0. The van der Waals surface area contributed by atoms with Crippen molar-refractivity contribution in [1.29, 1.82) is 0 Å². The molecule has 0 amide bonds. The summed E-state index contributed by atoms with van der Waals surface area (Å²) >= 11 is 0. The minimum atomic E-state index is 0.166. The number of hydrogen-bond donors (Lipinski definition) is 1. The van der Waals surface area contributed by atoms with Crippen molar-refractivity contribution in [2.45, 2.75) is 12.8 Å². The van der Waals surface area contributed by atoms with Gasteiger partial charge in [-0.1, -0.05) is 5.16 Å². The highest BCUT2D eigenvalue weighted by Gasteiger charge is 2.22. The molecule has 70 valence electrons. The highest BCUT2D eigenvalue weighted by molar-refractivity contribution is 5.63. The zero-order valence-electron chi connectivity index (χ0n) is 7.27. The maximum atomic E-state index is 5.46. The summed E-state index contributed by atoms with van der Waals surface area (Å²) in [6.07, 6.45) is 3.31. The molecule has 0 atom stereocenters. The SMILES string of the molecule is Nc1nnc2c(n1)-c1nocc1CC2. The first-order valence-corrected chi connectivity index (χ1v) is 4.27. The Morgan fingerprint density at radius 3 is 3.07 bits per heavy atom. The Hall–Kier alpha value is -1.98. The Labute approximate surface area is 79.1 Å². The first-order chi connectivity index (χ1) is 6.84. The van der Waals surface area contributed by atoms with Crippen molar-refractivity contribution < 1.29 is 4.52 Å². The molecule has 0 saturated heterocycles. The van der Waals surface area contributed by atoms with Crippen molar-refractivity contribution >= 4 is 5.95 Å². The fourth-order valence-corrected chi connectivity index (χ4v) is 1.60. The zero-order chi connectivity index (χ0) is 9.54. The molecule has 0 radical (unpaired) electrons. The molecule has 1 aliphatic carbocycles. The molecule has 2 heterocycles. The first-order valence-electron chi connectivity index (χ1n) is 4.27. The number of nitrogen functional groups attached to an aromatic ring is 1. The normalized spacial score (nSPS) is 13.4. The summed E-state index contributed by atoms with van der Waals surface area (Å²) in [5, 5.41) is 11.6. The molecule has 6 nitrogen and oxygen atoms in total. The number of rotatable bonds is 0. The summed E-state index contributed by atoms with van der Waals surface area (Å²) in [5.74, 6) is 0.166. The Bertz CT molecular complexity index is 492. The summed E-state index contributed by atoms with van der Waals surface area (Å²) in [7, 11) is 0. The van der Waals surface area contributed by atoms with Crippen molar-refractivity contribution in [1.82, 2.24) is 20.3 Å². The van der Waals surface area contributed by atoms with Gasteiger partial charge in [0, 0.05) is 5.56 Å². The summed E-state index contributed by atoms with van der Waals surface area (Å²) in [4.78, 5) is 4.11. The topological polar surface area (TPSA) is 90.7 Å². The molecule has 0 unspecified atom stereocenters. The van der Waals surface area contributed by atoms with Crippen LogP contribution in [0.1, 0.15) is 11.3 Å². The number of nitrogens with two attached hydrogens (primary N) is 1. The predicted octanol–water partition coefficient (Wildman–Crippen LogP) is 0.207. The van der Waals surface area contributed by atoms with Crippen LogP contribution in [-0.2, 0) is 12.8 Å². The largest absolute Gasteiger partial charge is 0.366 e. The van der Waals surface area contributed by atoms with E-state index in [0.717, 1.165) is 29.8 Å². The van der Waals surface area contributed by atoms with Gasteiger partial charge in [0.15, 0.2) is 0 Å². The van der Waals surface area contributed by atoms with Gasteiger partial charge in [-0.25, -0.2) is 4.98 Å². The Kier molecular flexibility index (Phi) is 1.33. The maximum absolute atomic E-state index is 5.46. The third kappa shape index (κ3) is 0.905. The third-order valence-electron chi connectivity index (χ3n) is 2.27. The highest BCUT2D eigenvalue weighted by atomic mass is 16.5. The zero-order valence-corrected chi connectivity index (χ0v) is 7.27. The minimum Gasteiger partial charge on any atom is -0.366 e. The number of hydrogen-bond acceptors (Lipinski definition) is 6. The third-order valence-corrected chi connectivity index (χ3v) is 2.27. The average molecular weight is 189 g/mol. The summed E-state index contributed by atoms with van der Waals surface area (Å²) < 4.78 is 4.89. The number of aromatic nitrogens is 4. The van der Waals surface area contributed by atoms with Crippen molar-refractivity contribution in [2.24, 2.45) is 0 Å². The molecule has 0 spiro atoms. The first kappa shape index (κ1) is 7.43. The molecule has 0 aromatic carbocycles. The van der Waals surface area contributed by atoms with Crippen LogP contribution in [0, 0.1) is 0 Å². The molecule has 0 aliphatic heterocycles. The van der Waals surface area contributed by atoms with Crippen LogP contribution >= 0.6 is 0 Å². The smallest absolute Gasteiger partial charge is 0.240 e. The molecule has 3 rings (SSSR count). The van der Waals surface area contributed by atoms with E-state index >= 15 is 0 Å². The van der Waals surface area contributed by atoms with Crippen LogP contribution in [0.5, 0.6) is 0 Å². The van der Waals surface area contributed by atoms with Gasteiger partial charge in [0.25, 0.3) is 0 Å². The number of nitrogens with zero attached hydrogens (tertiary/aromatic N) is 4. The number of aryl methyl sites for hydroxylation is 2. The van der Waals surface area contributed by atoms with Gasteiger partial charge in [0.1, 0.15) is 17.7 Å². The molecule has 14 heavy (non-hydrogen) atoms. The lowest BCUT2D eigenvalue weighted by Gasteiger charge is -2.10. The summed E-state index contributed by atoms with van der Waals surface area (Å²) in [5.41, 5.74) is 8.80. The van der Waals surface area contributed by atoms with E-state index in [9.17, 15) is 0 Å². The molecule has 0 saturated carbocycles. The molecule has 0 bridgehead atoms. The second kappa shape index (κ2) is 2.50. The van der Waals surface area contributed by atoms with E-state index in [2.05, 4.69) is 20.3 Å². The molecule has 2 N–H and O–H groups in total. The lowest BCUT2D eigenvalue weighted by molar-refractivity contribution is 0.421. The molecule has 2 aromatic rings. The Morgan fingerprint density at radius 1 is 1.21 bits per heavy atom. The molecule has 2 aromatic heterocycles. The van der Waals surface area contributed by atoms with E-state index in [1.54, 1.807) is 6.26 Å². The van der Waals surface area contributed by atoms with Gasteiger partial charge in [-0.3, -0.25) is 0 Å². The van der Waals surface area contributed by atoms with Crippen molar-refractivity contribution in [3.05, 3.63) is 17.5 Å². The van der Waals surface area contributed by atoms with Gasteiger partial charge >= 0.3 is 0 Å². The van der Waals surface area contributed by atoms with E-state index in [1.807, 2.05) is 0 Å². The van der Waals surface area contributed by atoms with Crippen LogP contribution in [0.15, 0.2) is 10.8 Å². The van der Waals surface area contributed by atoms with E-state index in [4.69, 9.17) is 10.3 Å². The van der Waals surface area contributed by atoms with Gasteiger partial charge in [-0.05, 0) is 12.8 Å². The van der Waals surface area contributed by atoms with Gasteiger partial charge in [-0.2, -0.15) is 0 Å². The van der Waals surface area contributed by atoms with E-state index < -0.39 is 0 Å². The molecule has 6 heteroatoms. The minimum absolute atomic E-state index is 0.166. The van der Waals surface area contributed by atoms with Crippen LogP contribution in [0.3, 0.4) is 0 Å². The van der Waals surface area contributed by atoms with E-state index in [0.29, 0.717) is 5.69 Å². The molecule has 1 aliphatic rings. The second-order valence-electron chi connectivity index (χ2n) is 3.15. The van der Waals surface area contributed by atoms with Crippen LogP contribution in [0.4, 0.5) is 5.95 Å². The van der Waals surface area contributed by atoms with Gasteiger partial charge in [0.2, 0.25) is 5.95 Å².